The van der Waals surface area contributed by atoms with Gasteiger partial charge >= 0.3 is 5.97 Å². The Bertz CT molecular complexity index is 502. The third kappa shape index (κ3) is 3.86. The number of carboxylic acid groups (broad SMARTS) is 1. The molecular formula is C14H18BrNO4. The molecule has 0 amide bonds. The quantitative estimate of drug-likeness (QED) is 0.795. The molecule has 110 valence electrons. The second kappa shape index (κ2) is 6.45. The maximum absolute atomic E-state index is 10.7. The highest BCUT2D eigenvalue weighted by molar-refractivity contribution is 9.10. The molecule has 2 rings (SSSR count). The van der Waals surface area contributed by atoms with Crippen LogP contribution in [0.15, 0.2) is 16.6 Å². The van der Waals surface area contributed by atoms with Gasteiger partial charge in [-0.25, -0.2) is 0 Å². The van der Waals surface area contributed by atoms with Crippen molar-refractivity contribution in [3.05, 3.63) is 22.2 Å². The highest BCUT2D eigenvalue weighted by atomic mass is 79.9. The summed E-state index contributed by atoms with van der Waals surface area (Å²) < 4.78 is 12.1. The normalized spacial score (nSPS) is 15.8. The molecule has 1 fully saturated rings. The van der Waals surface area contributed by atoms with Crippen molar-refractivity contribution in [2.24, 2.45) is 5.73 Å². The molecule has 5 nitrogen and oxygen atoms in total. The van der Waals surface area contributed by atoms with E-state index in [1.165, 1.54) is 0 Å². The SMILES string of the molecule is COc1cc(Br)cc(C(N)CCC(=O)O)c1OC1CC1. The molecule has 1 unspecified atom stereocenters. The maximum Gasteiger partial charge on any atom is 0.303 e. The van der Waals surface area contributed by atoms with Crippen molar-refractivity contribution in [1.29, 1.82) is 0 Å². The standard InChI is InChI=1S/C14H18BrNO4/c1-19-12-7-8(15)6-10(11(16)4-5-13(17)18)14(12)20-9-2-3-9/h6-7,9,11H,2-5,16H2,1H3,(H,17,18). The maximum atomic E-state index is 10.7. The van der Waals surface area contributed by atoms with Crippen LogP contribution in [0.1, 0.15) is 37.3 Å². The fourth-order valence-corrected chi connectivity index (χ4v) is 2.38. The molecule has 1 aliphatic carbocycles. The van der Waals surface area contributed by atoms with Gasteiger partial charge in [-0.3, -0.25) is 4.79 Å². The number of halogens is 1. The zero-order valence-electron chi connectivity index (χ0n) is 11.3. The molecule has 1 saturated carbocycles. The van der Waals surface area contributed by atoms with Gasteiger partial charge in [0.1, 0.15) is 0 Å². The summed E-state index contributed by atoms with van der Waals surface area (Å²) >= 11 is 3.41. The van der Waals surface area contributed by atoms with Crippen molar-refractivity contribution >= 4 is 21.9 Å². The number of carbonyl (C=O) groups is 1. The molecule has 1 aliphatic rings. The lowest BCUT2D eigenvalue weighted by atomic mass is 10.0. The first-order chi connectivity index (χ1) is 9.51. The summed E-state index contributed by atoms with van der Waals surface area (Å²) in [6.45, 7) is 0. The van der Waals surface area contributed by atoms with Gasteiger partial charge in [0.25, 0.3) is 0 Å². The Balaban J connectivity index is 2.27. The van der Waals surface area contributed by atoms with Crippen LogP contribution in [0.4, 0.5) is 0 Å². The highest BCUT2D eigenvalue weighted by Crippen LogP contribution is 2.41. The number of methoxy groups -OCH3 is 1. The molecule has 1 atom stereocenters. The minimum atomic E-state index is -0.855. The van der Waals surface area contributed by atoms with Crippen LogP contribution in [0.3, 0.4) is 0 Å². The molecule has 3 N–H and O–H groups in total. The summed E-state index contributed by atoms with van der Waals surface area (Å²) in [7, 11) is 1.58. The minimum Gasteiger partial charge on any atom is -0.493 e. The van der Waals surface area contributed by atoms with Crippen LogP contribution >= 0.6 is 15.9 Å². The third-order valence-corrected chi connectivity index (χ3v) is 3.60. The Morgan fingerprint density at radius 2 is 2.25 bits per heavy atom. The predicted octanol–water partition coefficient (Wildman–Crippen LogP) is 2.86. The first-order valence-electron chi connectivity index (χ1n) is 6.52. The number of benzene rings is 1. The van der Waals surface area contributed by atoms with Crippen molar-refractivity contribution in [2.75, 3.05) is 7.11 Å². The first kappa shape index (κ1) is 15.1. The predicted molar refractivity (Wildman–Crippen MR) is 78.1 cm³/mol. The number of carboxylic acids is 1. The summed E-state index contributed by atoms with van der Waals surface area (Å²) in [6.07, 6.45) is 2.66. The molecular weight excluding hydrogens is 326 g/mol. The number of aliphatic carboxylic acids is 1. The Morgan fingerprint density at radius 3 is 2.80 bits per heavy atom. The molecule has 0 saturated heterocycles. The van der Waals surface area contributed by atoms with E-state index in [0.29, 0.717) is 17.9 Å². The topological polar surface area (TPSA) is 81.8 Å². The van der Waals surface area contributed by atoms with Crippen molar-refractivity contribution in [3.8, 4) is 11.5 Å². The Kier molecular flexibility index (Phi) is 4.88. The summed E-state index contributed by atoms with van der Waals surface area (Å²) in [4.78, 5) is 10.7. The fraction of sp³-hybridized carbons (Fsp3) is 0.500. The van der Waals surface area contributed by atoms with Gasteiger partial charge < -0.3 is 20.3 Å². The van der Waals surface area contributed by atoms with Crippen LogP contribution in [0.25, 0.3) is 0 Å². The van der Waals surface area contributed by atoms with Crippen LogP contribution in [-0.4, -0.2) is 24.3 Å². The fourth-order valence-electron chi connectivity index (χ4n) is 1.93. The van der Waals surface area contributed by atoms with E-state index >= 15 is 0 Å². The van der Waals surface area contributed by atoms with Crippen LogP contribution in [0.2, 0.25) is 0 Å². The van der Waals surface area contributed by atoms with Gasteiger partial charge in [0.15, 0.2) is 11.5 Å². The van der Waals surface area contributed by atoms with E-state index in [2.05, 4.69) is 15.9 Å². The van der Waals surface area contributed by atoms with Gasteiger partial charge in [0.05, 0.1) is 13.2 Å². The lowest BCUT2D eigenvalue weighted by Crippen LogP contribution is -2.15. The average molecular weight is 344 g/mol. The van der Waals surface area contributed by atoms with Crippen LogP contribution < -0.4 is 15.2 Å². The largest absolute Gasteiger partial charge is 0.493 e. The Hall–Kier alpha value is -1.27. The van der Waals surface area contributed by atoms with Crippen LogP contribution in [0.5, 0.6) is 11.5 Å². The van der Waals surface area contributed by atoms with E-state index in [1.54, 1.807) is 7.11 Å². The number of hydrogen-bond acceptors (Lipinski definition) is 4. The number of ether oxygens (including phenoxy) is 2. The van der Waals surface area contributed by atoms with E-state index in [-0.39, 0.29) is 12.5 Å². The number of hydrogen-bond donors (Lipinski definition) is 2. The van der Waals surface area contributed by atoms with Crippen LogP contribution in [-0.2, 0) is 4.79 Å². The molecule has 0 radical (unpaired) electrons. The third-order valence-electron chi connectivity index (χ3n) is 3.15. The van der Waals surface area contributed by atoms with E-state index in [4.69, 9.17) is 20.3 Å². The molecule has 0 aliphatic heterocycles. The average Bonchev–Trinajstić information content (AvgIpc) is 3.21. The van der Waals surface area contributed by atoms with Crippen LogP contribution in [0, 0.1) is 0 Å². The lowest BCUT2D eigenvalue weighted by molar-refractivity contribution is -0.137. The lowest BCUT2D eigenvalue weighted by Gasteiger charge is -2.19. The second-order valence-corrected chi connectivity index (χ2v) is 5.80. The van der Waals surface area contributed by atoms with Gasteiger partial charge in [0.2, 0.25) is 0 Å². The zero-order valence-corrected chi connectivity index (χ0v) is 12.9. The minimum absolute atomic E-state index is 0.0267. The number of nitrogens with two attached hydrogens (primary N) is 1. The van der Waals surface area contributed by atoms with Crippen molar-refractivity contribution < 1.29 is 19.4 Å². The Morgan fingerprint density at radius 1 is 1.55 bits per heavy atom. The van der Waals surface area contributed by atoms with Crippen molar-refractivity contribution in [3.63, 3.8) is 0 Å². The second-order valence-electron chi connectivity index (χ2n) is 4.88. The monoisotopic (exact) mass is 343 g/mol. The van der Waals surface area contributed by atoms with E-state index in [1.807, 2.05) is 12.1 Å². The van der Waals surface area contributed by atoms with Gasteiger partial charge in [-0.15, -0.1) is 0 Å². The molecule has 0 spiro atoms. The van der Waals surface area contributed by atoms with Gasteiger partial charge in [-0.2, -0.15) is 0 Å². The summed E-state index contributed by atoms with van der Waals surface area (Å²) in [5.41, 5.74) is 6.89. The molecule has 0 heterocycles. The molecule has 6 heteroatoms. The summed E-state index contributed by atoms with van der Waals surface area (Å²) in [6, 6.07) is 3.30. The Labute approximate surface area is 126 Å². The van der Waals surface area contributed by atoms with Crippen molar-refractivity contribution in [2.45, 2.75) is 37.8 Å². The van der Waals surface area contributed by atoms with Gasteiger partial charge in [-0.05, 0) is 31.4 Å². The molecule has 1 aromatic carbocycles. The smallest absolute Gasteiger partial charge is 0.303 e. The van der Waals surface area contributed by atoms with E-state index in [0.717, 1.165) is 22.9 Å². The van der Waals surface area contributed by atoms with E-state index in [9.17, 15) is 4.79 Å². The molecule has 20 heavy (non-hydrogen) atoms. The molecule has 0 aromatic heterocycles. The molecule has 1 aromatic rings. The molecule has 0 bridgehead atoms. The summed E-state index contributed by atoms with van der Waals surface area (Å²) in [5.74, 6) is 0.398. The van der Waals surface area contributed by atoms with Gasteiger partial charge in [-0.1, -0.05) is 15.9 Å². The van der Waals surface area contributed by atoms with Crippen molar-refractivity contribution in [1.82, 2.24) is 0 Å². The van der Waals surface area contributed by atoms with Gasteiger partial charge in [0, 0.05) is 22.5 Å². The number of rotatable bonds is 7. The summed E-state index contributed by atoms with van der Waals surface area (Å²) in [5, 5.41) is 8.77. The first-order valence-corrected chi connectivity index (χ1v) is 7.32. The zero-order chi connectivity index (χ0) is 14.7. The highest BCUT2D eigenvalue weighted by Gasteiger charge is 2.28. The van der Waals surface area contributed by atoms with E-state index < -0.39 is 12.0 Å².